The van der Waals surface area contributed by atoms with Gasteiger partial charge in [-0.25, -0.2) is 0 Å². The summed E-state index contributed by atoms with van der Waals surface area (Å²) in [4.78, 5) is 0. The summed E-state index contributed by atoms with van der Waals surface area (Å²) in [6, 6.07) is 30.7. The van der Waals surface area contributed by atoms with E-state index >= 15 is 0 Å². The molecule has 0 radical (unpaired) electrons. The van der Waals surface area contributed by atoms with Gasteiger partial charge in [-0.3, -0.25) is 0 Å². The fourth-order valence-corrected chi connectivity index (χ4v) is 3.41. The molecule has 0 aliphatic carbocycles. The molecule has 0 heterocycles. The average Bonchev–Trinajstić information content (AvgIpc) is 2.79. The molecule has 0 atom stereocenters. The lowest BCUT2D eigenvalue weighted by molar-refractivity contribution is 0.469. The number of para-hydroxylation sites is 1. The Balaban J connectivity index is 1.87. The number of hydrogen-bond donors (Lipinski definition) is 2. The lowest BCUT2D eigenvalue weighted by Crippen LogP contribution is -1.90. The standard InChI is InChI=1S/C28H22O2/c29-26-14-8-7-13-25(26)28-24(19-16-22-11-5-2-6-12-22)23(18-20-27(28)30)17-15-21-9-3-1-4-10-21/h1-20,29-30H. The summed E-state index contributed by atoms with van der Waals surface area (Å²) in [5.74, 6) is 0.257. The Kier molecular flexibility index (Phi) is 5.77. The maximum Gasteiger partial charge on any atom is 0.124 e. The molecule has 146 valence electrons. The number of hydrogen-bond acceptors (Lipinski definition) is 2. The van der Waals surface area contributed by atoms with Gasteiger partial charge in [0.15, 0.2) is 0 Å². The summed E-state index contributed by atoms with van der Waals surface area (Å²) in [5.41, 5.74) is 5.14. The van der Waals surface area contributed by atoms with Crippen LogP contribution in [-0.4, -0.2) is 10.2 Å². The van der Waals surface area contributed by atoms with Crippen molar-refractivity contribution in [3.05, 3.63) is 119 Å². The van der Waals surface area contributed by atoms with Crippen LogP contribution in [0.2, 0.25) is 0 Å². The van der Waals surface area contributed by atoms with E-state index in [0.717, 1.165) is 22.3 Å². The highest BCUT2D eigenvalue weighted by atomic mass is 16.3. The van der Waals surface area contributed by atoms with E-state index in [2.05, 4.69) is 0 Å². The van der Waals surface area contributed by atoms with Crippen LogP contribution in [0.4, 0.5) is 0 Å². The van der Waals surface area contributed by atoms with Gasteiger partial charge in [-0.05, 0) is 34.4 Å². The molecule has 4 aromatic carbocycles. The number of aromatic hydroxyl groups is 2. The Hall–Kier alpha value is -4.04. The smallest absolute Gasteiger partial charge is 0.124 e. The molecule has 0 bridgehead atoms. The van der Waals surface area contributed by atoms with Crippen LogP contribution in [-0.2, 0) is 0 Å². The van der Waals surface area contributed by atoms with Crippen molar-refractivity contribution in [3.8, 4) is 22.6 Å². The highest BCUT2D eigenvalue weighted by Crippen LogP contribution is 2.40. The Morgan fingerprint density at radius 1 is 0.467 bits per heavy atom. The van der Waals surface area contributed by atoms with Crippen molar-refractivity contribution in [2.45, 2.75) is 0 Å². The number of rotatable bonds is 5. The summed E-state index contributed by atoms with van der Waals surface area (Å²) in [6.07, 6.45) is 8.07. The van der Waals surface area contributed by atoms with E-state index < -0.39 is 0 Å². The Morgan fingerprint density at radius 2 is 1.03 bits per heavy atom. The van der Waals surface area contributed by atoms with Crippen LogP contribution in [0.15, 0.2) is 97.1 Å². The second-order valence-electron chi connectivity index (χ2n) is 6.97. The third kappa shape index (κ3) is 4.34. The lowest BCUT2D eigenvalue weighted by atomic mass is 9.92. The average molecular weight is 390 g/mol. The summed E-state index contributed by atoms with van der Waals surface area (Å²) >= 11 is 0. The van der Waals surface area contributed by atoms with Gasteiger partial charge in [-0.1, -0.05) is 109 Å². The molecule has 2 heteroatoms. The minimum absolute atomic E-state index is 0.126. The molecule has 0 amide bonds. The van der Waals surface area contributed by atoms with Gasteiger partial charge in [-0.15, -0.1) is 0 Å². The zero-order chi connectivity index (χ0) is 20.8. The molecule has 2 nitrogen and oxygen atoms in total. The van der Waals surface area contributed by atoms with Crippen LogP contribution in [0.1, 0.15) is 22.3 Å². The first kappa shape index (κ1) is 19.3. The minimum Gasteiger partial charge on any atom is -0.507 e. The Labute approximate surface area is 176 Å². The van der Waals surface area contributed by atoms with E-state index in [1.807, 2.05) is 103 Å². The van der Waals surface area contributed by atoms with Gasteiger partial charge in [0.2, 0.25) is 0 Å². The van der Waals surface area contributed by atoms with Crippen LogP contribution < -0.4 is 0 Å². The van der Waals surface area contributed by atoms with Crippen LogP contribution in [0.25, 0.3) is 35.4 Å². The predicted molar refractivity (Wildman–Crippen MR) is 126 cm³/mol. The van der Waals surface area contributed by atoms with Crippen LogP contribution in [0, 0.1) is 0 Å². The fourth-order valence-electron chi connectivity index (χ4n) is 3.41. The number of benzene rings is 4. The first-order valence-electron chi connectivity index (χ1n) is 9.83. The molecular formula is C28H22O2. The summed E-state index contributed by atoms with van der Waals surface area (Å²) < 4.78 is 0. The van der Waals surface area contributed by atoms with Crippen molar-refractivity contribution < 1.29 is 10.2 Å². The summed E-state index contributed by atoms with van der Waals surface area (Å²) in [6.45, 7) is 0. The molecule has 0 aliphatic heterocycles. The largest absolute Gasteiger partial charge is 0.507 e. The molecular weight excluding hydrogens is 368 g/mol. The van der Waals surface area contributed by atoms with Gasteiger partial charge < -0.3 is 10.2 Å². The van der Waals surface area contributed by atoms with Crippen LogP contribution in [0.5, 0.6) is 11.5 Å². The van der Waals surface area contributed by atoms with Crippen molar-refractivity contribution in [2.75, 3.05) is 0 Å². The zero-order valence-electron chi connectivity index (χ0n) is 16.4. The van der Waals surface area contributed by atoms with Gasteiger partial charge in [0, 0.05) is 11.1 Å². The van der Waals surface area contributed by atoms with Crippen LogP contribution >= 0.6 is 0 Å². The molecule has 0 aromatic heterocycles. The van der Waals surface area contributed by atoms with Gasteiger partial charge >= 0.3 is 0 Å². The molecule has 4 rings (SSSR count). The lowest BCUT2D eigenvalue weighted by Gasteiger charge is -2.14. The molecule has 0 aliphatic rings. The fraction of sp³-hybridized carbons (Fsp3) is 0. The van der Waals surface area contributed by atoms with Gasteiger partial charge in [0.05, 0.1) is 0 Å². The van der Waals surface area contributed by atoms with E-state index in [0.29, 0.717) is 11.1 Å². The molecule has 0 spiro atoms. The SMILES string of the molecule is Oc1ccccc1-c1c(O)ccc(C=Cc2ccccc2)c1C=Cc1ccccc1. The van der Waals surface area contributed by atoms with Crippen molar-refractivity contribution in [2.24, 2.45) is 0 Å². The maximum atomic E-state index is 10.7. The molecule has 0 unspecified atom stereocenters. The van der Waals surface area contributed by atoms with E-state index in [-0.39, 0.29) is 11.5 Å². The van der Waals surface area contributed by atoms with E-state index in [1.54, 1.807) is 18.2 Å². The highest BCUT2D eigenvalue weighted by Gasteiger charge is 2.15. The Bertz CT molecular complexity index is 1190. The second-order valence-corrected chi connectivity index (χ2v) is 6.97. The Morgan fingerprint density at radius 3 is 1.67 bits per heavy atom. The first-order valence-corrected chi connectivity index (χ1v) is 9.83. The molecule has 0 fully saturated rings. The maximum absolute atomic E-state index is 10.7. The quantitative estimate of drug-likeness (QED) is 0.357. The first-order chi connectivity index (χ1) is 14.7. The number of phenols is 2. The molecule has 30 heavy (non-hydrogen) atoms. The van der Waals surface area contributed by atoms with Crippen LogP contribution in [0.3, 0.4) is 0 Å². The molecule has 0 saturated carbocycles. The highest BCUT2D eigenvalue weighted by molar-refractivity contribution is 5.91. The zero-order valence-corrected chi connectivity index (χ0v) is 16.4. The van der Waals surface area contributed by atoms with E-state index in [4.69, 9.17) is 0 Å². The monoisotopic (exact) mass is 390 g/mol. The van der Waals surface area contributed by atoms with Gasteiger partial charge in [-0.2, -0.15) is 0 Å². The van der Waals surface area contributed by atoms with E-state index in [9.17, 15) is 10.2 Å². The van der Waals surface area contributed by atoms with Crippen molar-refractivity contribution >= 4 is 24.3 Å². The van der Waals surface area contributed by atoms with Gasteiger partial charge in [0.25, 0.3) is 0 Å². The molecule has 2 N–H and O–H groups in total. The summed E-state index contributed by atoms with van der Waals surface area (Å²) in [5, 5.41) is 21.2. The van der Waals surface area contributed by atoms with Crippen molar-refractivity contribution in [1.82, 2.24) is 0 Å². The van der Waals surface area contributed by atoms with Crippen molar-refractivity contribution in [3.63, 3.8) is 0 Å². The summed E-state index contributed by atoms with van der Waals surface area (Å²) in [7, 11) is 0. The predicted octanol–water partition coefficient (Wildman–Crippen LogP) is 7.11. The van der Waals surface area contributed by atoms with E-state index in [1.165, 1.54) is 0 Å². The second kappa shape index (κ2) is 8.97. The van der Waals surface area contributed by atoms with Gasteiger partial charge in [0.1, 0.15) is 11.5 Å². The molecule has 4 aromatic rings. The minimum atomic E-state index is 0.126. The topological polar surface area (TPSA) is 40.5 Å². The molecule has 0 saturated heterocycles. The van der Waals surface area contributed by atoms with Crippen molar-refractivity contribution in [1.29, 1.82) is 0 Å². The number of phenolic OH excluding ortho intramolecular Hbond substituents is 2. The third-order valence-electron chi connectivity index (χ3n) is 4.93. The third-order valence-corrected chi connectivity index (χ3v) is 4.93. The normalized spacial score (nSPS) is 11.3.